The van der Waals surface area contributed by atoms with Crippen LogP contribution in [-0.2, 0) is 5.60 Å². The monoisotopic (exact) mass is 300 g/mol. The number of rotatable bonds is 2. The molecule has 1 unspecified atom stereocenters. The van der Waals surface area contributed by atoms with E-state index in [0.29, 0.717) is 26.2 Å². The fourth-order valence-electron chi connectivity index (χ4n) is 1.81. The lowest BCUT2D eigenvalue weighted by molar-refractivity contribution is 0.102. The van der Waals surface area contributed by atoms with Crippen LogP contribution in [0.5, 0.6) is 0 Å². The molecular weight excluding hydrogens is 291 g/mol. The van der Waals surface area contributed by atoms with Crippen molar-refractivity contribution in [1.82, 2.24) is 0 Å². The predicted molar refractivity (Wildman–Crippen MR) is 76.6 cm³/mol. The van der Waals surface area contributed by atoms with E-state index < -0.39 is 5.60 Å². The SMILES string of the molecule is CC(O)(c1ccc(Cl)c(Cl)c1)c1ccccc1Cl. The molecule has 2 aromatic rings. The summed E-state index contributed by atoms with van der Waals surface area (Å²) in [4.78, 5) is 0. The first-order chi connectivity index (χ1) is 8.43. The van der Waals surface area contributed by atoms with Crippen molar-refractivity contribution in [3.8, 4) is 0 Å². The van der Waals surface area contributed by atoms with Gasteiger partial charge in [0, 0.05) is 10.6 Å². The van der Waals surface area contributed by atoms with Gasteiger partial charge in [-0.05, 0) is 30.7 Å². The minimum atomic E-state index is -1.22. The fraction of sp³-hybridized carbons (Fsp3) is 0.143. The molecule has 0 aliphatic heterocycles. The molecule has 2 rings (SSSR count). The third-order valence-corrected chi connectivity index (χ3v) is 3.95. The van der Waals surface area contributed by atoms with E-state index in [1.54, 1.807) is 37.3 Å². The predicted octanol–water partition coefficient (Wildman–Crippen LogP) is 4.90. The second-order valence-electron chi connectivity index (χ2n) is 4.18. The molecule has 0 aliphatic carbocycles. The zero-order chi connectivity index (χ0) is 13.3. The van der Waals surface area contributed by atoms with Crippen LogP contribution in [0.15, 0.2) is 42.5 Å². The van der Waals surface area contributed by atoms with Crippen LogP contribution in [0.2, 0.25) is 15.1 Å². The summed E-state index contributed by atoms with van der Waals surface area (Å²) in [6.45, 7) is 1.67. The molecule has 0 heterocycles. The number of halogens is 3. The van der Waals surface area contributed by atoms with Crippen LogP contribution in [0.3, 0.4) is 0 Å². The van der Waals surface area contributed by atoms with Crippen molar-refractivity contribution < 1.29 is 5.11 Å². The average Bonchev–Trinajstić information content (AvgIpc) is 2.33. The van der Waals surface area contributed by atoms with Gasteiger partial charge in [0.2, 0.25) is 0 Å². The largest absolute Gasteiger partial charge is 0.381 e. The van der Waals surface area contributed by atoms with Gasteiger partial charge in [0.15, 0.2) is 0 Å². The Morgan fingerprint density at radius 2 is 1.56 bits per heavy atom. The Labute approximate surface area is 121 Å². The highest BCUT2D eigenvalue weighted by molar-refractivity contribution is 6.42. The van der Waals surface area contributed by atoms with Crippen molar-refractivity contribution >= 4 is 34.8 Å². The lowest BCUT2D eigenvalue weighted by Crippen LogP contribution is -2.23. The second kappa shape index (κ2) is 5.10. The van der Waals surface area contributed by atoms with E-state index in [2.05, 4.69) is 0 Å². The van der Waals surface area contributed by atoms with Gasteiger partial charge in [-0.15, -0.1) is 0 Å². The summed E-state index contributed by atoms with van der Waals surface area (Å²) < 4.78 is 0. The van der Waals surface area contributed by atoms with E-state index in [4.69, 9.17) is 34.8 Å². The highest BCUT2D eigenvalue weighted by Gasteiger charge is 2.28. The number of aliphatic hydroxyl groups is 1. The normalized spacial score (nSPS) is 14.3. The minimum absolute atomic E-state index is 0.404. The number of benzene rings is 2. The Morgan fingerprint density at radius 1 is 0.889 bits per heavy atom. The summed E-state index contributed by atoms with van der Waals surface area (Å²) in [5.74, 6) is 0. The fourth-order valence-corrected chi connectivity index (χ4v) is 2.43. The molecule has 94 valence electrons. The quantitative estimate of drug-likeness (QED) is 0.836. The van der Waals surface area contributed by atoms with Crippen LogP contribution in [0.1, 0.15) is 18.1 Å². The van der Waals surface area contributed by atoms with Crippen LogP contribution >= 0.6 is 34.8 Å². The third kappa shape index (κ3) is 2.50. The highest BCUT2D eigenvalue weighted by atomic mass is 35.5. The smallest absolute Gasteiger partial charge is 0.113 e. The molecular formula is C14H11Cl3O. The Bertz CT molecular complexity index is 579. The summed E-state index contributed by atoms with van der Waals surface area (Å²) in [5, 5.41) is 12.0. The standard InChI is InChI=1S/C14H11Cl3O/c1-14(18,10-4-2-3-5-11(10)15)9-6-7-12(16)13(17)8-9/h2-8,18H,1H3. The minimum Gasteiger partial charge on any atom is -0.381 e. The summed E-state index contributed by atoms with van der Waals surface area (Å²) in [7, 11) is 0. The molecule has 1 atom stereocenters. The maximum Gasteiger partial charge on any atom is 0.113 e. The molecule has 1 N–H and O–H groups in total. The van der Waals surface area contributed by atoms with Crippen molar-refractivity contribution in [2.45, 2.75) is 12.5 Å². The van der Waals surface area contributed by atoms with E-state index >= 15 is 0 Å². The van der Waals surface area contributed by atoms with Crippen LogP contribution < -0.4 is 0 Å². The summed E-state index contributed by atoms with van der Waals surface area (Å²) in [6, 6.07) is 12.2. The molecule has 0 bridgehead atoms. The van der Waals surface area contributed by atoms with Crippen LogP contribution in [0.4, 0.5) is 0 Å². The van der Waals surface area contributed by atoms with Gasteiger partial charge in [-0.3, -0.25) is 0 Å². The van der Waals surface area contributed by atoms with Gasteiger partial charge >= 0.3 is 0 Å². The van der Waals surface area contributed by atoms with E-state index in [1.165, 1.54) is 0 Å². The van der Waals surface area contributed by atoms with Crippen LogP contribution in [-0.4, -0.2) is 5.11 Å². The summed E-state index contributed by atoms with van der Waals surface area (Å²) in [6.07, 6.45) is 0. The van der Waals surface area contributed by atoms with E-state index in [9.17, 15) is 5.11 Å². The molecule has 18 heavy (non-hydrogen) atoms. The topological polar surface area (TPSA) is 20.2 Å². The molecule has 4 heteroatoms. The Kier molecular flexibility index (Phi) is 3.88. The van der Waals surface area contributed by atoms with Crippen LogP contribution in [0.25, 0.3) is 0 Å². The van der Waals surface area contributed by atoms with Gasteiger partial charge in [0.1, 0.15) is 5.60 Å². The Morgan fingerprint density at radius 3 is 2.17 bits per heavy atom. The molecule has 0 aliphatic rings. The molecule has 0 aromatic heterocycles. The van der Waals surface area contributed by atoms with Gasteiger partial charge < -0.3 is 5.11 Å². The van der Waals surface area contributed by atoms with Gasteiger partial charge in [0.05, 0.1) is 10.0 Å². The Balaban J connectivity index is 2.54. The van der Waals surface area contributed by atoms with Gasteiger partial charge in [-0.1, -0.05) is 59.1 Å². The lowest BCUT2D eigenvalue weighted by Gasteiger charge is -2.25. The highest BCUT2D eigenvalue weighted by Crippen LogP contribution is 2.36. The zero-order valence-electron chi connectivity index (χ0n) is 9.62. The third-order valence-electron chi connectivity index (χ3n) is 2.88. The maximum absolute atomic E-state index is 10.7. The molecule has 2 aromatic carbocycles. The molecule has 0 fully saturated rings. The molecule has 0 amide bonds. The van der Waals surface area contributed by atoms with Crippen molar-refractivity contribution in [3.05, 3.63) is 68.7 Å². The zero-order valence-corrected chi connectivity index (χ0v) is 11.9. The van der Waals surface area contributed by atoms with Crippen molar-refractivity contribution in [1.29, 1.82) is 0 Å². The van der Waals surface area contributed by atoms with E-state index in [0.717, 1.165) is 0 Å². The van der Waals surface area contributed by atoms with Crippen molar-refractivity contribution in [2.75, 3.05) is 0 Å². The lowest BCUT2D eigenvalue weighted by atomic mass is 9.88. The number of hydrogen-bond donors (Lipinski definition) is 1. The number of hydrogen-bond acceptors (Lipinski definition) is 1. The van der Waals surface area contributed by atoms with Gasteiger partial charge in [-0.25, -0.2) is 0 Å². The summed E-state index contributed by atoms with van der Waals surface area (Å²) in [5.41, 5.74) is 0.0575. The van der Waals surface area contributed by atoms with Gasteiger partial charge in [-0.2, -0.15) is 0 Å². The first-order valence-corrected chi connectivity index (χ1v) is 6.49. The Hall–Kier alpha value is -0.730. The summed E-state index contributed by atoms with van der Waals surface area (Å²) >= 11 is 18.0. The molecule has 0 radical (unpaired) electrons. The first-order valence-electron chi connectivity index (χ1n) is 5.36. The second-order valence-corrected chi connectivity index (χ2v) is 5.40. The van der Waals surface area contributed by atoms with Crippen molar-refractivity contribution in [3.63, 3.8) is 0 Å². The maximum atomic E-state index is 10.7. The molecule has 0 spiro atoms. The van der Waals surface area contributed by atoms with Crippen molar-refractivity contribution in [2.24, 2.45) is 0 Å². The molecule has 1 nitrogen and oxygen atoms in total. The van der Waals surface area contributed by atoms with E-state index in [1.807, 2.05) is 12.1 Å². The molecule has 0 saturated heterocycles. The van der Waals surface area contributed by atoms with Crippen LogP contribution in [0, 0.1) is 0 Å². The van der Waals surface area contributed by atoms with E-state index in [-0.39, 0.29) is 0 Å². The molecule has 0 saturated carbocycles. The first kappa shape index (κ1) is 13.7. The average molecular weight is 302 g/mol. The van der Waals surface area contributed by atoms with Gasteiger partial charge in [0.25, 0.3) is 0 Å².